The summed E-state index contributed by atoms with van der Waals surface area (Å²) in [6, 6.07) is 4.10. The fourth-order valence-electron chi connectivity index (χ4n) is 1.61. The number of nitrogens with zero attached hydrogens (tertiary/aromatic N) is 3. The maximum Gasteiger partial charge on any atom is 0.337 e. The van der Waals surface area contributed by atoms with E-state index in [9.17, 15) is 9.59 Å². The van der Waals surface area contributed by atoms with Crippen LogP contribution in [-0.2, 0) is 13.6 Å². The highest BCUT2D eigenvalue weighted by Crippen LogP contribution is 2.26. The Morgan fingerprint density at radius 3 is 2.81 bits per heavy atom. The minimum absolute atomic E-state index is 0.00168. The average Bonchev–Trinajstić information content (AvgIpc) is 2.84. The molecule has 0 aliphatic rings. The van der Waals surface area contributed by atoms with Gasteiger partial charge in [0.05, 0.1) is 17.8 Å². The lowest BCUT2D eigenvalue weighted by atomic mass is 10.2. The molecule has 0 radical (unpaired) electrons. The maximum atomic E-state index is 11.9. The van der Waals surface area contributed by atoms with Crippen molar-refractivity contribution in [2.45, 2.75) is 6.54 Å². The average molecular weight is 354 g/mol. The molecule has 0 fully saturated rings. The first kappa shape index (κ1) is 15.0. The van der Waals surface area contributed by atoms with Gasteiger partial charge in [-0.25, -0.2) is 9.59 Å². The summed E-state index contributed by atoms with van der Waals surface area (Å²) in [7, 11) is 1.76. The van der Waals surface area contributed by atoms with E-state index in [1.807, 2.05) is 0 Å². The number of aromatic carboxylic acids is 1. The van der Waals surface area contributed by atoms with Crippen LogP contribution in [0.4, 0.5) is 10.5 Å². The highest BCUT2D eigenvalue weighted by molar-refractivity contribution is 9.10. The highest BCUT2D eigenvalue weighted by atomic mass is 79.9. The minimum atomic E-state index is -1.13. The van der Waals surface area contributed by atoms with E-state index >= 15 is 0 Å². The van der Waals surface area contributed by atoms with Gasteiger partial charge in [0.2, 0.25) is 0 Å². The zero-order chi connectivity index (χ0) is 15.4. The summed E-state index contributed by atoms with van der Waals surface area (Å²) in [5, 5.41) is 21.7. The lowest BCUT2D eigenvalue weighted by molar-refractivity contribution is 0.0698. The number of carboxylic acids is 1. The van der Waals surface area contributed by atoms with Crippen LogP contribution in [0.3, 0.4) is 0 Å². The number of carboxylic acid groups (broad SMARTS) is 1. The van der Waals surface area contributed by atoms with E-state index in [1.54, 1.807) is 23.7 Å². The second-order valence-electron chi connectivity index (χ2n) is 4.13. The zero-order valence-corrected chi connectivity index (χ0v) is 12.6. The molecule has 0 saturated heterocycles. The first-order chi connectivity index (χ1) is 9.99. The predicted octanol–water partition coefficient (Wildman–Crippen LogP) is 1.60. The molecule has 0 spiro atoms. The molecular weight excluding hydrogens is 342 g/mol. The number of amides is 2. The minimum Gasteiger partial charge on any atom is -0.478 e. The molecule has 2 rings (SSSR count). The Hall–Kier alpha value is -2.42. The second kappa shape index (κ2) is 6.35. The Labute approximate surface area is 128 Å². The zero-order valence-electron chi connectivity index (χ0n) is 11.0. The van der Waals surface area contributed by atoms with Crippen molar-refractivity contribution in [3.05, 3.63) is 40.4 Å². The Morgan fingerprint density at radius 1 is 1.43 bits per heavy atom. The third-order valence-corrected chi connectivity index (χ3v) is 3.36. The third kappa shape index (κ3) is 3.57. The van der Waals surface area contributed by atoms with Crippen molar-refractivity contribution in [3.63, 3.8) is 0 Å². The van der Waals surface area contributed by atoms with Crippen molar-refractivity contribution in [1.29, 1.82) is 0 Å². The molecule has 1 heterocycles. The van der Waals surface area contributed by atoms with E-state index in [-0.39, 0.29) is 17.8 Å². The van der Waals surface area contributed by atoms with Crippen LogP contribution in [0.5, 0.6) is 0 Å². The van der Waals surface area contributed by atoms with Crippen molar-refractivity contribution >= 4 is 33.6 Å². The molecule has 8 nitrogen and oxygen atoms in total. The number of benzene rings is 1. The summed E-state index contributed by atoms with van der Waals surface area (Å²) < 4.78 is 2.15. The van der Waals surface area contributed by atoms with Gasteiger partial charge in [0.15, 0.2) is 5.82 Å². The quantitative estimate of drug-likeness (QED) is 0.773. The van der Waals surface area contributed by atoms with Gasteiger partial charge in [-0.3, -0.25) is 0 Å². The Bertz CT molecular complexity index is 685. The Balaban J connectivity index is 2.06. The fourth-order valence-corrected chi connectivity index (χ4v) is 2.08. The van der Waals surface area contributed by atoms with Crippen LogP contribution >= 0.6 is 15.9 Å². The molecular formula is C12H12BrN5O3. The van der Waals surface area contributed by atoms with Crippen molar-refractivity contribution < 1.29 is 14.7 Å². The number of carbonyl (C=O) groups is 2. The second-order valence-corrected chi connectivity index (χ2v) is 4.99. The molecule has 3 N–H and O–H groups in total. The monoisotopic (exact) mass is 353 g/mol. The van der Waals surface area contributed by atoms with E-state index < -0.39 is 12.0 Å². The molecule has 0 unspecified atom stereocenters. The predicted molar refractivity (Wildman–Crippen MR) is 78.0 cm³/mol. The van der Waals surface area contributed by atoms with Crippen LogP contribution in [0.25, 0.3) is 0 Å². The topological polar surface area (TPSA) is 109 Å². The van der Waals surface area contributed by atoms with Gasteiger partial charge in [-0.15, -0.1) is 10.2 Å². The molecule has 0 saturated carbocycles. The molecule has 0 atom stereocenters. The van der Waals surface area contributed by atoms with Gasteiger partial charge in [0.1, 0.15) is 6.33 Å². The smallest absolute Gasteiger partial charge is 0.337 e. The molecule has 1 aromatic carbocycles. The normalized spacial score (nSPS) is 10.2. The molecule has 2 amide bonds. The van der Waals surface area contributed by atoms with E-state index in [0.717, 1.165) is 0 Å². The number of anilines is 1. The van der Waals surface area contributed by atoms with Crippen LogP contribution in [0.1, 0.15) is 16.2 Å². The number of aromatic nitrogens is 3. The first-order valence-electron chi connectivity index (χ1n) is 5.88. The summed E-state index contributed by atoms with van der Waals surface area (Å²) in [6.07, 6.45) is 1.52. The Morgan fingerprint density at radius 2 is 2.19 bits per heavy atom. The summed E-state index contributed by atoms with van der Waals surface area (Å²) in [4.78, 5) is 23.0. The first-order valence-corrected chi connectivity index (χ1v) is 6.68. The SMILES string of the molecule is Cn1cnnc1CNC(=O)Nc1c(Br)cccc1C(=O)O. The molecule has 0 aliphatic heterocycles. The van der Waals surface area contributed by atoms with E-state index in [1.165, 1.54) is 12.4 Å². The van der Waals surface area contributed by atoms with Gasteiger partial charge >= 0.3 is 12.0 Å². The summed E-state index contributed by atoms with van der Waals surface area (Å²) in [5.74, 6) is -0.546. The van der Waals surface area contributed by atoms with Gasteiger partial charge in [-0.05, 0) is 28.1 Å². The molecule has 2 aromatic rings. The van der Waals surface area contributed by atoms with Gasteiger partial charge in [0, 0.05) is 11.5 Å². The van der Waals surface area contributed by atoms with Crippen LogP contribution in [-0.4, -0.2) is 31.9 Å². The molecule has 0 aliphatic carbocycles. The standard InChI is InChI=1S/C12H12BrN5O3/c1-18-6-15-17-9(18)5-14-12(21)16-10-7(11(19)20)3-2-4-8(10)13/h2-4,6H,5H2,1H3,(H,19,20)(H2,14,16,21). The summed E-state index contributed by atoms with van der Waals surface area (Å²) in [6.45, 7) is 0.176. The number of para-hydroxylation sites is 1. The lowest BCUT2D eigenvalue weighted by Crippen LogP contribution is -2.30. The number of hydrogen-bond acceptors (Lipinski definition) is 4. The van der Waals surface area contributed by atoms with E-state index in [4.69, 9.17) is 5.11 Å². The summed E-state index contributed by atoms with van der Waals surface area (Å²) >= 11 is 3.21. The lowest BCUT2D eigenvalue weighted by Gasteiger charge is -2.11. The van der Waals surface area contributed by atoms with Crippen LogP contribution in [0, 0.1) is 0 Å². The van der Waals surface area contributed by atoms with Crippen LogP contribution in [0.2, 0.25) is 0 Å². The summed E-state index contributed by atoms with van der Waals surface area (Å²) in [5.41, 5.74) is 0.193. The van der Waals surface area contributed by atoms with Crippen molar-refractivity contribution in [2.24, 2.45) is 7.05 Å². The van der Waals surface area contributed by atoms with Crippen molar-refractivity contribution in [2.75, 3.05) is 5.32 Å². The third-order valence-electron chi connectivity index (χ3n) is 2.69. The van der Waals surface area contributed by atoms with Gasteiger partial charge < -0.3 is 20.3 Å². The van der Waals surface area contributed by atoms with E-state index in [0.29, 0.717) is 10.3 Å². The molecule has 0 bridgehead atoms. The molecule has 9 heteroatoms. The van der Waals surface area contributed by atoms with Crippen LogP contribution < -0.4 is 10.6 Å². The number of carbonyl (C=O) groups excluding carboxylic acids is 1. The largest absolute Gasteiger partial charge is 0.478 e. The number of nitrogens with one attached hydrogen (secondary N) is 2. The number of aryl methyl sites for hydroxylation is 1. The molecule has 21 heavy (non-hydrogen) atoms. The van der Waals surface area contributed by atoms with Crippen molar-refractivity contribution in [1.82, 2.24) is 20.1 Å². The van der Waals surface area contributed by atoms with Gasteiger partial charge in [-0.2, -0.15) is 0 Å². The number of urea groups is 1. The number of rotatable bonds is 4. The highest BCUT2D eigenvalue weighted by Gasteiger charge is 2.15. The van der Waals surface area contributed by atoms with Gasteiger partial charge in [0.25, 0.3) is 0 Å². The number of hydrogen-bond donors (Lipinski definition) is 3. The maximum absolute atomic E-state index is 11.9. The van der Waals surface area contributed by atoms with Crippen LogP contribution in [0.15, 0.2) is 29.0 Å². The molecule has 110 valence electrons. The van der Waals surface area contributed by atoms with Crippen molar-refractivity contribution in [3.8, 4) is 0 Å². The fraction of sp³-hybridized carbons (Fsp3) is 0.167. The Kier molecular flexibility index (Phi) is 4.53. The van der Waals surface area contributed by atoms with Gasteiger partial charge in [-0.1, -0.05) is 6.07 Å². The van der Waals surface area contributed by atoms with E-state index in [2.05, 4.69) is 36.8 Å². The molecule has 1 aromatic heterocycles. The number of halogens is 1.